The predicted molar refractivity (Wildman–Crippen MR) is 94.6 cm³/mol. The second-order valence-corrected chi connectivity index (χ2v) is 6.35. The topological polar surface area (TPSA) is 89.3 Å². The lowest BCUT2D eigenvalue weighted by Crippen LogP contribution is -2.54. The minimum Gasteiger partial charge on any atom is -0.381 e. The molecule has 1 aromatic carbocycles. The van der Waals surface area contributed by atoms with Crippen molar-refractivity contribution in [2.24, 2.45) is 5.73 Å². The molecule has 144 valence electrons. The van der Waals surface area contributed by atoms with Crippen LogP contribution in [0.3, 0.4) is 0 Å². The number of carbonyl (C=O) groups is 1. The van der Waals surface area contributed by atoms with Crippen molar-refractivity contribution < 1.29 is 22.7 Å². The van der Waals surface area contributed by atoms with Crippen LogP contribution < -0.4 is 16.4 Å². The van der Waals surface area contributed by atoms with Crippen molar-refractivity contribution >= 4 is 23.1 Å². The highest BCUT2D eigenvalue weighted by Gasteiger charge is 2.35. The first kappa shape index (κ1) is 19.1. The van der Waals surface area contributed by atoms with Crippen molar-refractivity contribution in [3.05, 3.63) is 48.2 Å². The number of nitrogens with zero attached hydrogens (tertiary/aromatic N) is 1. The Labute approximate surface area is 153 Å². The van der Waals surface area contributed by atoms with E-state index in [0.29, 0.717) is 37.4 Å². The molecule has 0 spiro atoms. The van der Waals surface area contributed by atoms with E-state index in [1.54, 1.807) is 24.3 Å². The van der Waals surface area contributed by atoms with Crippen molar-refractivity contribution in [2.45, 2.75) is 24.6 Å². The number of nitrogens with one attached hydrogen (secondary N) is 2. The number of amides is 1. The normalized spacial score (nSPS) is 16.6. The van der Waals surface area contributed by atoms with Gasteiger partial charge < -0.3 is 21.1 Å². The summed E-state index contributed by atoms with van der Waals surface area (Å²) in [4.78, 5) is 16.1. The van der Waals surface area contributed by atoms with Gasteiger partial charge >= 0.3 is 6.18 Å². The lowest BCUT2D eigenvalue weighted by Gasteiger charge is -2.31. The van der Waals surface area contributed by atoms with Crippen LogP contribution in [0.2, 0.25) is 0 Å². The SMILES string of the molecule is NC1(C(=O)Nc2ccc(Nc3ccc(C(F)(F)F)cn3)cc2)CCOCC1. The first-order valence-electron chi connectivity index (χ1n) is 8.35. The van der Waals surface area contributed by atoms with Gasteiger partial charge in [0.2, 0.25) is 5.91 Å². The molecule has 0 unspecified atom stereocenters. The van der Waals surface area contributed by atoms with Crippen LogP contribution >= 0.6 is 0 Å². The molecule has 0 aliphatic carbocycles. The number of carbonyl (C=O) groups excluding carboxylic acids is 1. The molecule has 0 radical (unpaired) electrons. The molecular formula is C18H19F3N4O2. The Morgan fingerprint density at radius 1 is 1.07 bits per heavy atom. The zero-order valence-corrected chi connectivity index (χ0v) is 14.3. The van der Waals surface area contributed by atoms with Crippen LogP contribution in [0.5, 0.6) is 0 Å². The Morgan fingerprint density at radius 2 is 1.70 bits per heavy atom. The smallest absolute Gasteiger partial charge is 0.381 e. The minimum atomic E-state index is -4.42. The van der Waals surface area contributed by atoms with Gasteiger partial charge in [0, 0.05) is 30.8 Å². The summed E-state index contributed by atoms with van der Waals surface area (Å²) in [5, 5.41) is 5.68. The number of aromatic nitrogens is 1. The van der Waals surface area contributed by atoms with Crippen molar-refractivity contribution in [1.82, 2.24) is 4.98 Å². The Morgan fingerprint density at radius 3 is 2.26 bits per heavy atom. The first-order chi connectivity index (χ1) is 12.8. The molecular weight excluding hydrogens is 361 g/mol. The molecule has 1 aromatic heterocycles. The number of halogens is 3. The molecule has 9 heteroatoms. The fourth-order valence-electron chi connectivity index (χ4n) is 2.64. The lowest BCUT2D eigenvalue weighted by molar-refractivity contribution is -0.137. The Kier molecular flexibility index (Phi) is 5.33. The lowest BCUT2D eigenvalue weighted by atomic mass is 9.90. The number of hydrogen-bond acceptors (Lipinski definition) is 5. The predicted octanol–water partition coefficient (Wildman–Crippen LogP) is 3.29. The third kappa shape index (κ3) is 4.75. The van der Waals surface area contributed by atoms with Crippen LogP contribution in [0, 0.1) is 0 Å². The van der Waals surface area contributed by atoms with Gasteiger partial charge in [-0.1, -0.05) is 0 Å². The Balaban J connectivity index is 1.61. The second kappa shape index (κ2) is 7.53. The minimum absolute atomic E-state index is 0.268. The number of benzene rings is 1. The molecule has 4 N–H and O–H groups in total. The van der Waals surface area contributed by atoms with Gasteiger partial charge in [0.15, 0.2) is 0 Å². The number of anilines is 3. The number of ether oxygens (including phenoxy) is 1. The van der Waals surface area contributed by atoms with Crippen molar-refractivity contribution in [2.75, 3.05) is 23.8 Å². The maximum Gasteiger partial charge on any atom is 0.417 e. The second-order valence-electron chi connectivity index (χ2n) is 6.35. The molecule has 0 atom stereocenters. The van der Waals surface area contributed by atoms with E-state index < -0.39 is 17.3 Å². The average molecular weight is 380 g/mol. The van der Waals surface area contributed by atoms with Gasteiger partial charge in [-0.05, 0) is 49.2 Å². The van der Waals surface area contributed by atoms with Crippen LogP contribution in [0.25, 0.3) is 0 Å². The standard InChI is InChI=1S/C18H19F3N4O2/c19-18(20,21)12-1-6-15(23-11-12)24-13-2-4-14(5-3-13)25-16(26)17(22)7-9-27-10-8-17/h1-6,11H,7-10,22H2,(H,23,24)(H,25,26). The molecule has 1 aliphatic rings. The summed E-state index contributed by atoms with van der Waals surface area (Å²) in [5.41, 5.74) is 5.57. The van der Waals surface area contributed by atoms with E-state index in [4.69, 9.17) is 10.5 Å². The summed E-state index contributed by atoms with van der Waals surface area (Å²) < 4.78 is 42.9. The fourth-order valence-corrected chi connectivity index (χ4v) is 2.64. The van der Waals surface area contributed by atoms with Gasteiger partial charge in [0.1, 0.15) is 11.4 Å². The molecule has 0 bridgehead atoms. The van der Waals surface area contributed by atoms with Crippen molar-refractivity contribution in [3.63, 3.8) is 0 Å². The highest BCUT2D eigenvalue weighted by atomic mass is 19.4. The molecule has 27 heavy (non-hydrogen) atoms. The van der Waals surface area contributed by atoms with Gasteiger partial charge in [-0.25, -0.2) is 4.98 Å². The molecule has 2 aromatic rings. The van der Waals surface area contributed by atoms with Crippen LogP contribution in [0.4, 0.5) is 30.4 Å². The Bertz CT molecular complexity index is 786. The first-order valence-corrected chi connectivity index (χ1v) is 8.35. The summed E-state index contributed by atoms with van der Waals surface area (Å²) in [5.74, 6) is 0.0128. The zero-order chi connectivity index (χ0) is 19.5. The van der Waals surface area contributed by atoms with Crippen LogP contribution in [-0.4, -0.2) is 29.6 Å². The number of nitrogens with two attached hydrogens (primary N) is 1. The van der Waals surface area contributed by atoms with E-state index in [1.807, 2.05) is 0 Å². The third-order valence-electron chi connectivity index (χ3n) is 4.34. The number of alkyl halides is 3. The molecule has 1 saturated heterocycles. The van der Waals surface area contributed by atoms with Gasteiger partial charge in [-0.3, -0.25) is 4.79 Å². The van der Waals surface area contributed by atoms with Crippen molar-refractivity contribution in [3.8, 4) is 0 Å². The molecule has 0 saturated carbocycles. The molecule has 1 fully saturated rings. The molecule has 1 amide bonds. The molecule has 3 rings (SSSR count). The van der Waals surface area contributed by atoms with E-state index in [2.05, 4.69) is 15.6 Å². The maximum absolute atomic E-state index is 12.5. The van der Waals surface area contributed by atoms with Gasteiger partial charge in [-0.2, -0.15) is 13.2 Å². The molecule has 1 aliphatic heterocycles. The van der Waals surface area contributed by atoms with Gasteiger partial charge in [-0.15, -0.1) is 0 Å². The van der Waals surface area contributed by atoms with Crippen LogP contribution in [0.15, 0.2) is 42.6 Å². The van der Waals surface area contributed by atoms with E-state index >= 15 is 0 Å². The maximum atomic E-state index is 12.5. The number of pyridine rings is 1. The van der Waals surface area contributed by atoms with E-state index in [0.717, 1.165) is 12.3 Å². The third-order valence-corrected chi connectivity index (χ3v) is 4.34. The summed E-state index contributed by atoms with van der Waals surface area (Å²) in [6, 6.07) is 8.92. The van der Waals surface area contributed by atoms with Crippen molar-refractivity contribution in [1.29, 1.82) is 0 Å². The van der Waals surface area contributed by atoms with E-state index in [-0.39, 0.29) is 11.7 Å². The van der Waals surface area contributed by atoms with E-state index in [9.17, 15) is 18.0 Å². The molecule has 6 nitrogen and oxygen atoms in total. The Hall–Kier alpha value is -2.65. The van der Waals surface area contributed by atoms with Crippen LogP contribution in [-0.2, 0) is 15.7 Å². The number of rotatable bonds is 4. The van der Waals surface area contributed by atoms with Crippen LogP contribution in [0.1, 0.15) is 18.4 Å². The zero-order valence-electron chi connectivity index (χ0n) is 14.3. The fraction of sp³-hybridized carbons (Fsp3) is 0.333. The quantitative estimate of drug-likeness (QED) is 0.757. The number of hydrogen-bond donors (Lipinski definition) is 3. The summed E-state index contributed by atoms with van der Waals surface area (Å²) in [6.45, 7) is 0.903. The molecule has 2 heterocycles. The monoisotopic (exact) mass is 380 g/mol. The van der Waals surface area contributed by atoms with Gasteiger partial charge in [0.25, 0.3) is 0 Å². The highest BCUT2D eigenvalue weighted by Crippen LogP contribution is 2.29. The average Bonchev–Trinajstić information content (AvgIpc) is 2.64. The summed E-state index contributed by atoms with van der Waals surface area (Å²) in [6.07, 6.45) is -2.74. The van der Waals surface area contributed by atoms with E-state index in [1.165, 1.54) is 6.07 Å². The summed E-state index contributed by atoms with van der Waals surface area (Å²) in [7, 11) is 0. The summed E-state index contributed by atoms with van der Waals surface area (Å²) >= 11 is 0. The van der Waals surface area contributed by atoms with Gasteiger partial charge in [0.05, 0.1) is 5.56 Å². The largest absolute Gasteiger partial charge is 0.417 e. The highest BCUT2D eigenvalue weighted by molar-refractivity contribution is 5.98.